The van der Waals surface area contributed by atoms with Crippen LogP contribution in [-0.4, -0.2) is 46.6 Å². The van der Waals surface area contributed by atoms with E-state index in [4.69, 9.17) is 24.3 Å². The molecule has 3 heterocycles. The van der Waals surface area contributed by atoms with E-state index in [1.807, 2.05) is 74.7 Å². The molecule has 0 saturated heterocycles. The quantitative estimate of drug-likeness (QED) is 0.201. The molecule has 3 aromatic carbocycles. The minimum absolute atomic E-state index is 0.160. The lowest BCUT2D eigenvalue weighted by molar-refractivity contribution is -0.139. The van der Waals surface area contributed by atoms with Gasteiger partial charge < -0.3 is 14.2 Å². The molecule has 0 fully saturated rings. The number of aromatic nitrogens is 3. The highest BCUT2D eigenvalue weighted by Gasteiger charge is 2.33. The average molecular weight is 663 g/mol. The molecule has 1 atom stereocenters. The second-order valence-electron chi connectivity index (χ2n) is 11.0. The second-order valence-corrected chi connectivity index (χ2v) is 12.1. The molecular weight excluding hydrogens is 628 g/mol. The first-order valence-corrected chi connectivity index (χ1v) is 16.3. The molecule has 244 valence electrons. The van der Waals surface area contributed by atoms with Gasteiger partial charge >= 0.3 is 11.9 Å². The van der Waals surface area contributed by atoms with Crippen LogP contribution in [0.15, 0.2) is 100 Å². The number of hydrogen-bond donors (Lipinski definition) is 0. The molecule has 0 spiro atoms. The third kappa shape index (κ3) is 6.12. The first-order valence-electron chi connectivity index (χ1n) is 15.5. The van der Waals surface area contributed by atoms with Crippen molar-refractivity contribution in [3.05, 3.63) is 132 Å². The minimum Gasteiger partial charge on any atom is -0.494 e. The molecule has 0 bridgehead atoms. The second kappa shape index (κ2) is 13.7. The van der Waals surface area contributed by atoms with Gasteiger partial charge in [0.1, 0.15) is 11.4 Å². The number of hydrogen-bond acceptors (Lipinski definition) is 9. The number of allylic oxidation sites excluding steroid dienone is 1. The number of para-hydroxylation sites is 1. The lowest BCUT2D eigenvalue weighted by Crippen LogP contribution is -2.40. The monoisotopic (exact) mass is 662 g/mol. The van der Waals surface area contributed by atoms with E-state index in [1.54, 1.807) is 42.8 Å². The fourth-order valence-corrected chi connectivity index (χ4v) is 6.75. The number of carbonyl (C=O) groups is 2. The van der Waals surface area contributed by atoms with E-state index in [2.05, 4.69) is 0 Å². The van der Waals surface area contributed by atoms with Crippen LogP contribution in [0, 0.1) is 6.92 Å². The molecule has 2 aromatic heterocycles. The summed E-state index contributed by atoms with van der Waals surface area (Å²) in [5, 5.41) is 4.94. The number of thiazole rings is 1. The van der Waals surface area contributed by atoms with Gasteiger partial charge in [-0.15, -0.1) is 0 Å². The molecule has 0 saturated carbocycles. The van der Waals surface area contributed by atoms with Crippen molar-refractivity contribution in [2.24, 2.45) is 4.99 Å². The Balaban J connectivity index is 1.54. The number of rotatable bonds is 9. The zero-order valence-electron chi connectivity index (χ0n) is 27.2. The van der Waals surface area contributed by atoms with Gasteiger partial charge in [0.25, 0.3) is 5.56 Å². The standard InChI is InChI=1S/C37H34N4O6S/c1-6-46-29-18-17-26(19-22(29)3)32-27(21-40(39-32)28-11-9-8-10-12-28)20-30-34(42)41-33(24-13-15-25(16-14-24)35(43)45-5)31(36(44)47-7-2)23(4)38-37(41)48-30/h8-21,33H,6-7H2,1-5H3. The van der Waals surface area contributed by atoms with Crippen LogP contribution in [0.25, 0.3) is 23.0 Å². The summed E-state index contributed by atoms with van der Waals surface area (Å²) in [5.41, 5.74) is 5.47. The summed E-state index contributed by atoms with van der Waals surface area (Å²) >= 11 is 1.23. The SMILES string of the molecule is CCOC(=O)C1=C(C)N=c2sc(=Cc3cn(-c4ccccc4)nc3-c3ccc(OCC)c(C)c3)c(=O)n2C1c1ccc(C(=O)OC)cc1. The highest BCUT2D eigenvalue weighted by molar-refractivity contribution is 7.07. The Kier molecular flexibility index (Phi) is 9.22. The van der Waals surface area contributed by atoms with E-state index in [1.165, 1.54) is 23.0 Å². The van der Waals surface area contributed by atoms with Crippen molar-refractivity contribution in [1.82, 2.24) is 14.3 Å². The summed E-state index contributed by atoms with van der Waals surface area (Å²) in [6, 6.07) is 21.5. The van der Waals surface area contributed by atoms with Gasteiger partial charge in [-0.05, 0) is 87.4 Å². The van der Waals surface area contributed by atoms with Crippen LogP contribution in [0.4, 0.5) is 0 Å². The van der Waals surface area contributed by atoms with Crippen LogP contribution >= 0.6 is 11.3 Å². The normalized spacial score (nSPS) is 14.4. The number of carbonyl (C=O) groups excluding carboxylic acids is 2. The molecule has 5 aromatic rings. The van der Waals surface area contributed by atoms with Crippen molar-refractivity contribution in [3.63, 3.8) is 0 Å². The maximum absolute atomic E-state index is 14.3. The van der Waals surface area contributed by atoms with Gasteiger partial charge in [-0.2, -0.15) is 5.10 Å². The van der Waals surface area contributed by atoms with E-state index in [-0.39, 0.29) is 17.7 Å². The Bertz CT molecular complexity index is 2230. The van der Waals surface area contributed by atoms with Crippen LogP contribution in [0.1, 0.15) is 53.9 Å². The van der Waals surface area contributed by atoms with Gasteiger partial charge in [0.05, 0.1) is 53.4 Å². The van der Waals surface area contributed by atoms with Gasteiger partial charge in [-0.3, -0.25) is 9.36 Å². The first kappa shape index (κ1) is 32.4. The maximum atomic E-state index is 14.3. The van der Waals surface area contributed by atoms with Crippen LogP contribution in [0.5, 0.6) is 5.75 Å². The van der Waals surface area contributed by atoms with E-state index < -0.39 is 18.0 Å². The summed E-state index contributed by atoms with van der Waals surface area (Å²) < 4.78 is 19.8. The molecule has 6 rings (SSSR count). The van der Waals surface area contributed by atoms with Crippen LogP contribution in [-0.2, 0) is 14.3 Å². The van der Waals surface area contributed by atoms with Gasteiger partial charge in [-0.25, -0.2) is 19.3 Å². The highest BCUT2D eigenvalue weighted by atomic mass is 32.1. The van der Waals surface area contributed by atoms with Gasteiger partial charge in [0.15, 0.2) is 4.80 Å². The van der Waals surface area contributed by atoms with E-state index >= 15 is 0 Å². The van der Waals surface area contributed by atoms with E-state index in [0.717, 1.165) is 28.1 Å². The lowest BCUT2D eigenvalue weighted by atomic mass is 9.95. The predicted octanol–water partition coefficient (Wildman–Crippen LogP) is 5.14. The Hall–Kier alpha value is -5.55. The lowest BCUT2D eigenvalue weighted by Gasteiger charge is -2.24. The maximum Gasteiger partial charge on any atom is 0.338 e. The minimum atomic E-state index is -0.825. The molecule has 48 heavy (non-hydrogen) atoms. The molecule has 0 amide bonds. The Morgan fingerprint density at radius 2 is 1.71 bits per heavy atom. The molecule has 10 nitrogen and oxygen atoms in total. The van der Waals surface area contributed by atoms with Gasteiger partial charge in [0.2, 0.25) is 0 Å². The third-order valence-electron chi connectivity index (χ3n) is 7.96. The van der Waals surface area contributed by atoms with Crippen molar-refractivity contribution < 1.29 is 23.8 Å². The summed E-state index contributed by atoms with van der Waals surface area (Å²) in [7, 11) is 1.31. The zero-order chi connectivity index (χ0) is 33.9. The summed E-state index contributed by atoms with van der Waals surface area (Å²) in [6.07, 6.45) is 3.71. The number of nitrogens with zero attached hydrogens (tertiary/aromatic N) is 4. The van der Waals surface area contributed by atoms with Crippen LogP contribution < -0.4 is 19.6 Å². The molecular formula is C37H34N4O6S. The fraction of sp³-hybridized carbons (Fsp3) is 0.216. The Labute approximate surface area is 280 Å². The summed E-state index contributed by atoms with van der Waals surface area (Å²) in [5.74, 6) is -0.254. The number of aryl methyl sites for hydroxylation is 1. The van der Waals surface area contributed by atoms with Crippen molar-refractivity contribution in [2.45, 2.75) is 33.7 Å². The summed E-state index contributed by atoms with van der Waals surface area (Å²) in [6.45, 7) is 8.11. The number of benzene rings is 3. The highest BCUT2D eigenvalue weighted by Crippen LogP contribution is 2.32. The van der Waals surface area contributed by atoms with Crippen molar-refractivity contribution in [2.75, 3.05) is 20.3 Å². The molecule has 0 aliphatic carbocycles. The molecule has 1 aliphatic heterocycles. The predicted molar refractivity (Wildman–Crippen MR) is 183 cm³/mol. The van der Waals surface area contributed by atoms with Crippen molar-refractivity contribution in [1.29, 1.82) is 0 Å². The van der Waals surface area contributed by atoms with Crippen LogP contribution in [0.3, 0.4) is 0 Å². The molecule has 11 heteroatoms. The Morgan fingerprint density at radius 3 is 2.38 bits per heavy atom. The first-order chi connectivity index (χ1) is 23.2. The van der Waals surface area contributed by atoms with Crippen LogP contribution in [0.2, 0.25) is 0 Å². The topological polar surface area (TPSA) is 114 Å². The molecule has 0 radical (unpaired) electrons. The zero-order valence-corrected chi connectivity index (χ0v) is 28.0. The fourth-order valence-electron chi connectivity index (χ4n) is 5.71. The third-order valence-corrected chi connectivity index (χ3v) is 8.95. The smallest absolute Gasteiger partial charge is 0.338 e. The summed E-state index contributed by atoms with van der Waals surface area (Å²) in [4.78, 5) is 44.9. The van der Waals surface area contributed by atoms with Crippen molar-refractivity contribution >= 4 is 29.4 Å². The van der Waals surface area contributed by atoms with E-state index in [0.29, 0.717) is 38.5 Å². The number of esters is 2. The van der Waals surface area contributed by atoms with Gasteiger partial charge in [0, 0.05) is 17.3 Å². The molecule has 1 aliphatic rings. The largest absolute Gasteiger partial charge is 0.494 e. The van der Waals surface area contributed by atoms with E-state index in [9.17, 15) is 14.4 Å². The Morgan fingerprint density at radius 1 is 0.958 bits per heavy atom. The van der Waals surface area contributed by atoms with Gasteiger partial charge in [-0.1, -0.05) is 41.7 Å². The van der Waals surface area contributed by atoms with Crippen molar-refractivity contribution in [3.8, 4) is 22.7 Å². The molecule has 0 N–H and O–H groups in total. The number of methoxy groups -OCH3 is 1. The average Bonchev–Trinajstić information content (AvgIpc) is 3.65. The molecule has 1 unspecified atom stereocenters. The number of ether oxygens (including phenoxy) is 3. The number of fused-ring (bicyclic) bond motifs is 1.